The maximum atomic E-state index is 12.8. The van der Waals surface area contributed by atoms with E-state index in [2.05, 4.69) is 15.4 Å². The van der Waals surface area contributed by atoms with E-state index in [1.807, 2.05) is 19.9 Å². The van der Waals surface area contributed by atoms with Gasteiger partial charge in [-0.15, -0.1) is 12.4 Å². The number of hydrogen-bond acceptors (Lipinski definition) is 4. The molecule has 0 aromatic heterocycles. The second-order valence-corrected chi connectivity index (χ2v) is 7.72. The lowest BCUT2D eigenvalue weighted by Crippen LogP contribution is -2.31. The van der Waals surface area contributed by atoms with E-state index >= 15 is 0 Å². The van der Waals surface area contributed by atoms with Crippen molar-refractivity contribution in [3.63, 3.8) is 0 Å². The second-order valence-electron chi connectivity index (χ2n) is 6.06. The Kier molecular flexibility index (Phi) is 8.75. The van der Waals surface area contributed by atoms with Gasteiger partial charge in [0.05, 0.1) is 4.90 Å². The van der Waals surface area contributed by atoms with Crippen molar-refractivity contribution in [2.45, 2.75) is 25.7 Å². The minimum absolute atomic E-state index is 0. The fourth-order valence-electron chi connectivity index (χ4n) is 2.49. The van der Waals surface area contributed by atoms with Crippen molar-refractivity contribution in [1.82, 2.24) is 10.6 Å². The molecule has 0 aliphatic carbocycles. The molecule has 0 aliphatic heterocycles. The van der Waals surface area contributed by atoms with E-state index in [4.69, 9.17) is 0 Å². The van der Waals surface area contributed by atoms with Crippen LogP contribution in [0.2, 0.25) is 0 Å². The number of halogens is 1. The van der Waals surface area contributed by atoms with E-state index in [0.29, 0.717) is 29.9 Å². The minimum atomic E-state index is -3.79. The largest absolute Gasteiger partial charge is 0.351 e. The van der Waals surface area contributed by atoms with Gasteiger partial charge in [0.15, 0.2) is 0 Å². The first-order valence-corrected chi connectivity index (χ1v) is 10.0. The third-order valence-electron chi connectivity index (χ3n) is 3.85. The molecule has 0 spiro atoms. The van der Waals surface area contributed by atoms with Gasteiger partial charge in [0.25, 0.3) is 15.9 Å². The zero-order chi connectivity index (χ0) is 19.2. The molecule has 2 aromatic carbocycles. The molecule has 0 saturated carbocycles. The van der Waals surface area contributed by atoms with Crippen molar-refractivity contribution >= 4 is 34.0 Å². The molecule has 0 atom stereocenters. The summed E-state index contributed by atoms with van der Waals surface area (Å²) in [4.78, 5) is 12.3. The highest BCUT2D eigenvalue weighted by Gasteiger charge is 2.19. The zero-order valence-electron chi connectivity index (χ0n) is 15.7. The Bertz CT molecular complexity index is 886. The van der Waals surface area contributed by atoms with E-state index in [1.165, 1.54) is 6.07 Å². The van der Waals surface area contributed by atoms with Crippen molar-refractivity contribution in [2.75, 3.05) is 24.4 Å². The molecule has 0 bridgehead atoms. The van der Waals surface area contributed by atoms with Crippen LogP contribution in [0.3, 0.4) is 0 Å². The van der Waals surface area contributed by atoms with Crippen LogP contribution in [-0.2, 0) is 10.0 Å². The molecule has 0 heterocycles. The van der Waals surface area contributed by atoms with Crippen LogP contribution in [0.15, 0.2) is 47.4 Å². The average molecular weight is 412 g/mol. The quantitative estimate of drug-likeness (QED) is 0.583. The molecule has 0 aliphatic rings. The average Bonchev–Trinajstić information content (AvgIpc) is 2.58. The minimum Gasteiger partial charge on any atom is -0.351 e. The number of sulfonamides is 1. The van der Waals surface area contributed by atoms with Crippen LogP contribution in [0.5, 0.6) is 0 Å². The highest BCUT2D eigenvalue weighted by Crippen LogP contribution is 2.21. The van der Waals surface area contributed by atoms with Gasteiger partial charge in [-0.1, -0.05) is 25.1 Å². The Balaban J connectivity index is 0.00000364. The molecule has 3 N–H and O–H groups in total. The fraction of sp³-hybridized carbons (Fsp3) is 0.316. The molecule has 1 amide bonds. The molecule has 8 heteroatoms. The summed E-state index contributed by atoms with van der Waals surface area (Å²) in [6.07, 6.45) is 0. The van der Waals surface area contributed by atoms with E-state index in [-0.39, 0.29) is 23.2 Å². The lowest BCUT2D eigenvalue weighted by Gasteiger charge is -2.13. The normalized spacial score (nSPS) is 10.8. The predicted molar refractivity (Wildman–Crippen MR) is 111 cm³/mol. The standard InChI is InChI=1S/C19H25N3O3S.ClH/c1-4-20-10-11-21-19(23)16-9-8-15(3)18(13-16)26(24,25)22-17-7-5-6-14(2)12-17;/h5-9,12-13,20,22H,4,10-11H2,1-3H3,(H,21,23);1H. The molecule has 148 valence electrons. The summed E-state index contributed by atoms with van der Waals surface area (Å²) in [5.74, 6) is -0.296. The van der Waals surface area contributed by atoms with Crippen LogP contribution in [0.4, 0.5) is 5.69 Å². The van der Waals surface area contributed by atoms with E-state index in [1.54, 1.807) is 37.3 Å². The number of nitrogens with one attached hydrogen (secondary N) is 3. The topological polar surface area (TPSA) is 87.3 Å². The van der Waals surface area contributed by atoms with Gasteiger partial charge in [0, 0.05) is 24.3 Å². The number of hydrogen-bond donors (Lipinski definition) is 3. The lowest BCUT2D eigenvalue weighted by molar-refractivity contribution is 0.0953. The Morgan fingerprint density at radius 2 is 1.78 bits per heavy atom. The van der Waals surface area contributed by atoms with Crippen LogP contribution in [0.25, 0.3) is 0 Å². The molecule has 2 rings (SSSR count). The summed E-state index contributed by atoms with van der Waals surface area (Å²) in [6, 6.07) is 11.8. The molecular formula is C19H26ClN3O3S. The van der Waals surface area contributed by atoms with Gasteiger partial charge in [-0.2, -0.15) is 0 Å². The Morgan fingerprint density at radius 3 is 2.44 bits per heavy atom. The van der Waals surface area contributed by atoms with Crippen LogP contribution >= 0.6 is 12.4 Å². The van der Waals surface area contributed by atoms with Crippen LogP contribution in [-0.4, -0.2) is 34.0 Å². The molecule has 0 saturated heterocycles. The summed E-state index contributed by atoms with van der Waals surface area (Å²) >= 11 is 0. The van der Waals surface area contributed by atoms with Crippen molar-refractivity contribution in [3.05, 3.63) is 59.2 Å². The number of carbonyl (C=O) groups is 1. The van der Waals surface area contributed by atoms with Gasteiger partial charge in [-0.3, -0.25) is 9.52 Å². The van der Waals surface area contributed by atoms with Gasteiger partial charge >= 0.3 is 0 Å². The highest BCUT2D eigenvalue weighted by atomic mass is 35.5. The molecule has 0 radical (unpaired) electrons. The summed E-state index contributed by atoms with van der Waals surface area (Å²) in [5.41, 5.74) is 2.34. The number of aryl methyl sites for hydroxylation is 2. The number of anilines is 1. The Hall–Kier alpha value is -2.09. The van der Waals surface area contributed by atoms with Crippen molar-refractivity contribution in [1.29, 1.82) is 0 Å². The first-order valence-electron chi connectivity index (χ1n) is 8.52. The number of benzene rings is 2. The maximum Gasteiger partial charge on any atom is 0.262 e. The van der Waals surface area contributed by atoms with Crippen molar-refractivity contribution in [2.24, 2.45) is 0 Å². The third-order valence-corrected chi connectivity index (χ3v) is 5.37. The first-order chi connectivity index (χ1) is 12.3. The monoisotopic (exact) mass is 411 g/mol. The summed E-state index contributed by atoms with van der Waals surface area (Å²) in [7, 11) is -3.79. The zero-order valence-corrected chi connectivity index (χ0v) is 17.3. The van der Waals surface area contributed by atoms with Gasteiger partial charge in [-0.05, 0) is 55.8 Å². The third kappa shape index (κ3) is 6.53. The molecule has 27 heavy (non-hydrogen) atoms. The molecule has 2 aromatic rings. The van der Waals surface area contributed by atoms with Gasteiger partial charge in [-0.25, -0.2) is 8.42 Å². The lowest BCUT2D eigenvalue weighted by atomic mass is 10.1. The molecule has 0 fully saturated rings. The number of rotatable bonds is 8. The Labute approximate surface area is 167 Å². The number of amides is 1. The van der Waals surface area contributed by atoms with Crippen LogP contribution in [0, 0.1) is 13.8 Å². The second kappa shape index (κ2) is 10.3. The first kappa shape index (κ1) is 23.0. The molecular weight excluding hydrogens is 386 g/mol. The SMILES string of the molecule is CCNCCNC(=O)c1ccc(C)c(S(=O)(=O)Nc2cccc(C)c2)c1.Cl. The van der Waals surface area contributed by atoms with Crippen LogP contribution in [0.1, 0.15) is 28.4 Å². The smallest absolute Gasteiger partial charge is 0.262 e. The van der Waals surface area contributed by atoms with Gasteiger partial charge in [0.2, 0.25) is 0 Å². The summed E-state index contributed by atoms with van der Waals surface area (Å²) in [5, 5.41) is 5.88. The highest BCUT2D eigenvalue weighted by molar-refractivity contribution is 7.92. The number of likely N-dealkylation sites (N-methyl/N-ethyl adjacent to an activating group) is 1. The molecule has 0 unspecified atom stereocenters. The maximum absolute atomic E-state index is 12.8. The van der Waals surface area contributed by atoms with Crippen molar-refractivity contribution in [3.8, 4) is 0 Å². The van der Waals surface area contributed by atoms with Crippen LogP contribution < -0.4 is 15.4 Å². The fourth-order valence-corrected chi connectivity index (χ4v) is 3.81. The molecule has 6 nitrogen and oxygen atoms in total. The van der Waals surface area contributed by atoms with Gasteiger partial charge in [0.1, 0.15) is 0 Å². The number of carbonyl (C=O) groups excluding carboxylic acids is 1. The Morgan fingerprint density at radius 1 is 1.04 bits per heavy atom. The summed E-state index contributed by atoms with van der Waals surface area (Å²) < 4.78 is 28.1. The predicted octanol–water partition coefficient (Wildman–Crippen LogP) is 2.87. The van der Waals surface area contributed by atoms with E-state index < -0.39 is 10.0 Å². The van der Waals surface area contributed by atoms with E-state index in [0.717, 1.165) is 12.1 Å². The summed E-state index contributed by atoms with van der Waals surface area (Å²) in [6.45, 7) is 7.55. The van der Waals surface area contributed by atoms with Gasteiger partial charge < -0.3 is 10.6 Å². The van der Waals surface area contributed by atoms with E-state index in [9.17, 15) is 13.2 Å². The van der Waals surface area contributed by atoms with Crippen molar-refractivity contribution < 1.29 is 13.2 Å².